The van der Waals surface area contributed by atoms with E-state index in [0.717, 1.165) is 70.8 Å². The van der Waals surface area contributed by atoms with E-state index in [2.05, 4.69) is 15.9 Å². The predicted octanol–water partition coefficient (Wildman–Crippen LogP) is 1.95. The van der Waals surface area contributed by atoms with Crippen LogP contribution in [-0.2, 0) is 16.0 Å². The number of carbonyl (C=O) groups is 1. The van der Waals surface area contributed by atoms with Crippen LogP contribution in [0.4, 0.5) is 0 Å². The zero-order valence-corrected chi connectivity index (χ0v) is 14.9. The van der Waals surface area contributed by atoms with Crippen LogP contribution in [0.3, 0.4) is 0 Å². The molecule has 3 aliphatic rings. The average Bonchev–Trinajstić information content (AvgIpc) is 2.91. The summed E-state index contributed by atoms with van der Waals surface area (Å²) < 4.78 is 11.3. The summed E-state index contributed by atoms with van der Waals surface area (Å²) in [6.45, 7) is 6.10. The maximum Gasteiger partial charge on any atom is 0.226 e. The highest BCUT2D eigenvalue weighted by atomic mass is 16.5. The number of hydrogen-bond acceptors (Lipinski definition) is 4. The smallest absolute Gasteiger partial charge is 0.226 e. The van der Waals surface area contributed by atoms with Crippen molar-refractivity contribution in [3.05, 3.63) is 29.8 Å². The molecule has 0 spiro atoms. The van der Waals surface area contributed by atoms with Crippen LogP contribution in [0.25, 0.3) is 0 Å². The predicted molar refractivity (Wildman–Crippen MR) is 95.7 cm³/mol. The van der Waals surface area contributed by atoms with Crippen LogP contribution in [0.15, 0.2) is 24.3 Å². The van der Waals surface area contributed by atoms with Crippen molar-refractivity contribution in [2.45, 2.75) is 31.7 Å². The Morgan fingerprint density at radius 3 is 2.52 bits per heavy atom. The number of benzene rings is 1. The highest BCUT2D eigenvalue weighted by molar-refractivity contribution is 5.79. The minimum Gasteiger partial charge on any atom is -0.493 e. The van der Waals surface area contributed by atoms with Gasteiger partial charge in [0.1, 0.15) is 5.75 Å². The first kappa shape index (κ1) is 16.9. The monoisotopic (exact) mass is 344 g/mol. The molecule has 0 aliphatic carbocycles. The Bertz CT molecular complexity index is 592. The van der Waals surface area contributed by atoms with Crippen LogP contribution < -0.4 is 4.74 Å². The first-order valence-electron chi connectivity index (χ1n) is 9.62. The molecule has 0 radical (unpaired) electrons. The van der Waals surface area contributed by atoms with Gasteiger partial charge in [-0.2, -0.15) is 0 Å². The minimum absolute atomic E-state index is 0.0540. The van der Waals surface area contributed by atoms with Crippen molar-refractivity contribution in [3.63, 3.8) is 0 Å². The maximum atomic E-state index is 13.0. The SMILES string of the molecule is O=C(C1CCOc2ccccc2C1)N1CCN(C2CCOCC2)CC1. The molecule has 4 rings (SSSR count). The lowest BCUT2D eigenvalue weighted by molar-refractivity contribution is -0.138. The van der Waals surface area contributed by atoms with Gasteiger partial charge in [0, 0.05) is 51.4 Å². The van der Waals surface area contributed by atoms with E-state index in [4.69, 9.17) is 9.47 Å². The molecule has 1 aromatic carbocycles. The van der Waals surface area contributed by atoms with E-state index in [1.165, 1.54) is 5.56 Å². The second kappa shape index (κ2) is 7.75. The fraction of sp³-hybridized carbons (Fsp3) is 0.650. The highest BCUT2D eigenvalue weighted by Gasteiger charge is 2.31. The van der Waals surface area contributed by atoms with E-state index in [1.54, 1.807) is 0 Å². The lowest BCUT2D eigenvalue weighted by atomic mass is 9.95. The first-order valence-corrected chi connectivity index (χ1v) is 9.62. The topological polar surface area (TPSA) is 42.0 Å². The number of nitrogens with zero attached hydrogens (tertiary/aromatic N) is 2. The third kappa shape index (κ3) is 3.82. The normalized spacial score (nSPS) is 25.8. The fourth-order valence-electron chi connectivity index (χ4n) is 4.32. The molecule has 0 aromatic heterocycles. The van der Waals surface area contributed by atoms with Crippen LogP contribution in [0.1, 0.15) is 24.8 Å². The van der Waals surface area contributed by atoms with Crippen molar-refractivity contribution >= 4 is 5.91 Å². The molecular formula is C20H28N2O3. The standard InChI is InChI=1S/C20H28N2O3/c23-20(17-5-14-25-19-4-2-1-3-16(19)15-17)22-10-8-21(9-11-22)18-6-12-24-13-7-18/h1-4,17-18H,5-15H2. The molecule has 3 aliphatic heterocycles. The molecule has 2 saturated heterocycles. The van der Waals surface area contributed by atoms with Gasteiger partial charge in [0.15, 0.2) is 0 Å². The van der Waals surface area contributed by atoms with Crippen LogP contribution in [0.5, 0.6) is 5.75 Å². The van der Waals surface area contributed by atoms with E-state index in [1.807, 2.05) is 18.2 Å². The number of piperazine rings is 1. The van der Waals surface area contributed by atoms with E-state index in [-0.39, 0.29) is 5.92 Å². The summed E-state index contributed by atoms with van der Waals surface area (Å²) in [5.41, 5.74) is 1.17. The summed E-state index contributed by atoms with van der Waals surface area (Å²) in [7, 11) is 0. The summed E-state index contributed by atoms with van der Waals surface area (Å²) in [5.74, 6) is 1.31. The summed E-state index contributed by atoms with van der Waals surface area (Å²) in [4.78, 5) is 17.7. The first-order chi connectivity index (χ1) is 12.3. The Balaban J connectivity index is 1.34. The summed E-state index contributed by atoms with van der Waals surface area (Å²) in [6, 6.07) is 8.76. The molecule has 0 bridgehead atoms. The number of hydrogen-bond donors (Lipinski definition) is 0. The van der Waals surface area contributed by atoms with Crippen LogP contribution in [-0.4, -0.2) is 67.7 Å². The van der Waals surface area contributed by atoms with Crippen molar-refractivity contribution in [1.29, 1.82) is 0 Å². The van der Waals surface area contributed by atoms with Crippen LogP contribution in [0, 0.1) is 5.92 Å². The molecule has 3 heterocycles. The largest absolute Gasteiger partial charge is 0.493 e. The van der Waals surface area contributed by atoms with Crippen LogP contribution >= 0.6 is 0 Å². The Morgan fingerprint density at radius 2 is 1.72 bits per heavy atom. The molecule has 5 heteroatoms. The lowest BCUT2D eigenvalue weighted by Crippen LogP contribution is -2.54. The molecular weight excluding hydrogens is 316 g/mol. The number of para-hydroxylation sites is 1. The third-order valence-corrected chi connectivity index (χ3v) is 5.85. The van der Waals surface area contributed by atoms with Gasteiger partial charge in [0.05, 0.1) is 6.61 Å². The van der Waals surface area contributed by atoms with Gasteiger partial charge in [-0.3, -0.25) is 9.69 Å². The Morgan fingerprint density at radius 1 is 0.960 bits per heavy atom. The van der Waals surface area contributed by atoms with Gasteiger partial charge in [-0.05, 0) is 37.3 Å². The molecule has 0 saturated carbocycles. The number of fused-ring (bicyclic) bond motifs is 1. The van der Waals surface area contributed by atoms with Gasteiger partial charge >= 0.3 is 0 Å². The highest BCUT2D eigenvalue weighted by Crippen LogP contribution is 2.28. The quantitative estimate of drug-likeness (QED) is 0.822. The summed E-state index contributed by atoms with van der Waals surface area (Å²) in [5, 5.41) is 0. The van der Waals surface area contributed by atoms with Crippen molar-refractivity contribution in [3.8, 4) is 5.75 Å². The fourth-order valence-corrected chi connectivity index (χ4v) is 4.32. The molecule has 1 amide bonds. The molecule has 5 nitrogen and oxygen atoms in total. The molecule has 1 aromatic rings. The number of rotatable bonds is 2. The van der Waals surface area contributed by atoms with Gasteiger partial charge in [0.2, 0.25) is 5.91 Å². The second-order valence-electron chi connectivity index (χ2n) is 7.35. The van der Waals surface area contributed by atoms with Crippen molar-refractivity contribution in [2.24, 2.45) is 5.92 Å². The van der Waals surface area contributed by atoms with Crippen molar-refractivity contribution in [1.82, 2.24) is 9.80 Å². The zero-order chi connectivity index (χ0) is 17.1. The molecule has 1 atom stereocenters. The minimum atomic E-state index is 0.0540. The number of amides is 1. The number of ether oxygens (including phenoxy) is 2. The Labute approximate surface area is 149 Å². The van der Waals surface area contributed by atoms with Gasteiger partial charge in [-0.15, -0.1) is 0 Å². The molecule has 25 heavy (non-hydrogen) atoms. The molecule has 2 fully saturated rings. The van der Waals surface area contributed by atoms with E-state index < -0.39 is 0 Å². The van der Waals surface area contributed by atoms with Crippen molar-refractivity contribution < 1.29 is 14.3 Å². The Hall–Kier alpha value is -1.59. The van der Waals surface area contributed by atoms with Crippen molar-refractivity contribution in [2.75, 3.05) is 46.0 Å². The third-order valence-electron chi connectivity index (χ3n) is 5.85. The van der Waals surface area contributed by atoms with Gasteiger partial charge in [0.25, 0.3) is 0 Å². The zero-order valence-electron chi connectivity index (χ0n) is 14.9. The van der Waals surface area contributed by atoms with E-state index in [9.17, 15) is 4.79 Å². The molecule has 0 N–H and O–H groups in total. The molecule has 1 unspecified atom stereocenters. The Kier molecular flexibility index (Phi) is 5.22. The maximum absolute atomic E-state index is 13.0. The number of carbonyl (C=O) groups excluding carboxylic acids is 1. The lowest BCUT2D eigenvalue weighted by Gasteiger charge is -2.41. The summed E-state index contributed by atoms with van der Waals surface area (Å²) >= 11 is 0. The second-order valence-corrected chi connectivity index (χ2v) is 7.35. The van der Waals surface area contributed by atoms with E-state index >= 15 is 0 Å². The van der Waals surface area contributed by atoms with Crippen LogP contribution in [0.2, 0.25) is 0 Å². The van der Waals surface area contributed by atoms with Gasteiger partial charge in [-0.1, -0.05) is 18.2 Å². The summed E-state index contributed by atoms with van der Waals surface area (Å²) in [6.07, 6.45) is 3.87. The van der Waals surface area contributed by atoms with Gasteiger partial charge < -0.3 is 14.4 Å². The molecule has 136 valence electrons. The van der Waals surface area contributed by atoms with E-state index in [0.29, 0.717) is 18.6 Å². The van der Waals surface area contributed by atoms with Gasteiger partial charge in [-0.25, -0.2) is 0 Å². The average molecular weight is 344 g/mol.